The van der Waals surface area contributed by atoms with Crippen LogP contribution in [-0.4, -0.2) is 28.2 Å². The summed E-state index contributed by atoms with van der Waals surface area (Å²) < 4.78 is 0. The second-order valence-electron chi connectivity index (χ2n) is 5.38. The number of nitrogens with two attached hydrogens (primary N) is 1. The maximum Gasteiger partial charge on any atom is 0.451 e. The smallest absolute Gasteiger partial charge is 0.451 e. The summed E-state index contributed by atoms with van der Waals surface area (Å²) in [4.78, 5) is 11.5. The Morgan fingerprint density at radius 2 is 2.05 bits per heavy atom. The van der Waals surface area contributed by atoms with Gasteiger partial charge in [-0.05, 0) is 41.8 Å². The van der Waals surface area contributed by atoms with E-state index in [2.05, 4.69) is 0 Å². The van der Waals surface area contributed by atoms with Crippen LogP contribution in [0.25, 0.3) is 0 Å². The molecule has 5 nitrogen and oxygen atoms in total. The lowest BCUT2D eigenvalue weighted by Crippen LogP contribution is -2.18. The zero-order chi connectivity index (χ0) is 16.7. The first-order valence-corrected chi connectivity index (χ1v) is 7.94. The zero-order valence-electron chi connectivity index (χ0n) is 13.3. The van der Waals surface area contributed by atoms with Gasteiger partial charge in [-0.2, -0.15) is 0 Å². The number of hydrogen-bond acceptors (Lipinski definition) is 4. The van der Waals surface area contributed by atoms with Gasteiger partial charge >= 0.3 is 13.1 Å². The van der Waals surface area contributed by atoms with Crippen molar-refractivity contribution in [2.45, 2.75) is 51.9 Å². The van der Waals surface area contributed by atoms with Crippen LogP contribution < -0.4 is 5.73 Å². The fraction of sp³-hybridized carbons (Fsp3) is 0.562. The Balaban J connectivity index is 0.00000116. The average Bonchev–Trinajstić information content (AvgIpc) is 2.87. The third-order valence-corrected chi connectivity index (χ3v) is 4.11. The van der Waals surface area contributed by atoms with Crippen molar-refractivity contribution in [1.29, 1.82) is 0 Å². The first-order chi connectivity index (χ1) is 10.5. The monoisotopic (exact) mass is 307 g/mol. The van der Waals surface area contributed by atoms with Crippen LogP contribution in [0.3, 0.4) is 0 Å². The van der Waals surface area contributed by atoms with Gasteiger partial charge < -0.3 is 20.9 Å². The Kier molecular flexibility index (Phi) is 7.58. The first-order valence-electron chi connectivity index (χ1n) is 7.94. The molecule has 5 N–H and O–H groups in total. The normalized spacial score (nSPS) is 19.1. The lowest BCUT2D eigenvalue weighted by molar-refractivity contribution is -0.139. The third kappa shape index (κ3) is 4.32. The number of rotatable bonds is 6. The van der Waals surface area contributed by atoms with Gasteiger partial charge in [0, 0.05) is 6.54 Å². The maximum absolute atomic E-state index is 11.5. The number of carboxylic acid groups (broad SMARTS) is 1. The van der Waals surface area contributed by atoms with Gasteiger partial charge in [0.15, 0.2) is 0 Å². The summed E-state index contributed by atoms with van der Waals surface area (Å²) >= 11 is 0. The molecule has 0 saturated carbocycles. The van der Waals surface area contributed by atoms with E-state index < -0.39 is 19.0 Å². The van der Waals surface area contributed by atoms with Crippen LogP contribution in [0, 0.1) is 5.92 Å². The van der Waals surface area contributed by atoms with Crippen molar-refractivity contribution in [1.82, 2.24) is 0 Å². The van der Waals surface area contributed by atoms with Crippen LogP contribution in [0.4, 0.5) is 0 Å². The molecule has 0 saturated heterocycles. The van der Waals surface area contributed by atoms with Gasteiger partial charge in [-0.1, -0.05) is 38.5 Å². The second-order valence-corrected chi connectivity index (χ2v) is 5.38. The van der Waals surface area contributed by atoms with Crippen LogP contribution in [0.5, 0.6) is 0 Å². The lowest BCUT2D eigenvalue weighted by atomic mass is 9.80. The summed E-state index contributed by atoms with van der Waals surface area (Å²) in [5, 5.41) is 27.2. The molecule has 0 amide bonds. The van der Waals surface area contributed by atoms with Crippen molar-refractivity contribution < 1.29 is 19.9 Å². The summed E-state index contributed by atoms with van der Waals surface area (Å²) in [5.41, 5.74) is 8.67. The van der Waals surface area contributed by atoms with Gasteiger partial charge in [-0.3, -0.25) is 4.79 Å². The number of aliphatic carboxylic acids is 1. The molecule has 122 valence electrons. The van der Waals surface area contributed by atoms with E-state index in [1.54, 1.807) is 0 Å². The van der Waals surface area contributed by atoms with Crippen LogP contribution >= 0.6 is 0 Å². The lowest BCUT2D eigenvalue weighted by Gasteiger charge is -2.16. The molecule has 1 aliphatic rings. The largest absolute Gasteiger partial charge is 0.481 e. The Bertz CT molecular complexity index is 493. The van der Waals surface area contributed by atoms with E-state index in [1.165, 1.54) is 0 Å². The molecule has 0 radical (unpaired) electrons. The highest BCUT2D eigenvalue weighted by Crippen LogP contribution is 2.42. The van der Waals surface area contributed by atoms with Crippen molar-refractivity contribution in [2.24, 2.45) is 11.7 Å². The Labute approximate surface area is 132 Å². The molecule has 6 heteroatoms. The molecule has 0 aliphatic heterocycles. The number of hydrogen-bond donors (Lipinski definition) is 4. The quantitative estimate of drug-likeness (QED) is 0.600. The highest BCUT2D eigenvalue weighted by Gasteiger charge is 2.38. The van der Waals surface area contributed by atoms with E-state index in [4.69, 9.17) is 15.8 Å². The van der Waals surface area contributed by atoms with Crippen molar-refractivity contribution in [3.63, 3.8) is 0 Å². The van der Waals surface area contributed by atoms with Crippen LogP contribution in [0.1, 0.15) is 49.3 Å². The Hall–Kier alpha value is -1.37. The van der Waals surface area contributed by atoms with Crippen molar-refractivity contribution in [2.75, 3.05) is 0 Å². The molecule has 0 heterocycles. The second kappa shape index (κ2) is 8.93. The fourth-order valence-electron chi connectivity index (χ4n) is 3.19. The fourth-order valence-corrected chi connectivity index (χ4v) is 3.19. The number of carboxylic acids is 1. The molecule has 1 aromatic rings. The third-order valence-electron chi connectivity index (χ3n) is 4.11. The first kappa shape index (κ1) is 18.7. The molecular weight excluding hydrogens is 281 g/mol. The standard InChI is InChI=1S/C14H20BNO4.C2H6/c16-8-10-3-1-5-11-12(10)7-9(13(11)14(17)18)4-2-6-15(19)20;1-2/h1,3,5,9,13,19-20H,2,4,6-8,16H2,(H,17,18);1-2H3. The van der Waals surface area contributed by atoms with Crippen molar-refractivity contribution in [3.05, 3.63) is 34.9 Å². The summed E-state index contributed by atoms with van der Waals surface area (Å²) in [6.45, 7) is 4.41. The van der Waals surface area contributed by atoms with E-state index in [9.17, 15) is 9.90 Å². The minimum atomic E-state index is -1.32. The average molecular weight is 307 g/mol. The highest BCUT2D eigenvalue weighted by molar-refractivity contribution is 6.40. The zero-order valence-corrected chi connectivity index (χ0v) is 13.3. The number of fused-ring (bicyclic) bond motifs is 1. The molecule has 22 heavy (non-hydrogen) atoms. The van der Waals surface area contributed by atoms with Crippen molar-refractivity contribution >= 4 is 13.1 Å². The molecule has 1 aliphatic carbocycles. The molecule has 2 rings (SSSR count). The van der Waals surface area contributed by atoms with Crippen LogP contribution in [-0.2, 0) is 17.8 Å². The maximum atomic E-state index is 11.5. The van der Waals surface area contributed by atoms with Crippen LogP contribution in [0.15, 0.2) is 18.2 Å². The van der Waals surface area contributed by atoms with E-state index in [1.807, 2.05) is 32.0 Å². The van der Waals surface area contributed by atoms with E-state index in [0.29, 0.717) is 25.8 Å². The summed E-state index contributed by atoms with van der Waals surface area (Å²) in [5.74, 6) is -1.31. The summed E-state index contributed by atoms with van der Waals surface area (Å²) in [6, 6.07) is 5.67. The molecule has 2 unspecified atom stereocenters. The predicted octanol–water partition coefficient (Wildman–Crippen LogP) is 1.77. The van der Waals surface area contributed by atoms with E-state index in [-0.39, 0.29) is 12.2 Å². The molecule has 0 aromatic heterocycles. The predicted molar refractivity (Wildman–Crippen MR) is 87.5 cm³/mol. The van der Waals surface area contributed by atoms with Crippen LogP contribution in [0.2, 0.25) is 6.32 Å². The number of carbonyl (C=O) groups is 1. The van der Waals surface area contributed by atoms with E-state index in [0.717, 1.165) is 16.7 Å². The Morgan fingerprint density at radius 1 is 1.36 bits per heavy atom. The van der Waals surface area contributed by atoms with Gasteiger partial charge in [-0.25, -0.2) is 0 Å². The minimum absolute atomic E-state index is 0.00829. The van der Waals surface area contributed by atoms with Gasteiger partial charge in [-0.15, -0.1) is 0 Å². The SMILES string of the molecule is CC.NCc1cccc2c1CC(CCCB(O)O)C2C(=O)O. The molecule has 0 bridgehead atoms. The highest BCUT2D eigenvalue weighted by atomic mass is 16.4. The van der Waals surface area contributed by atoms with Gasteiger partial charge in [0.1, 0.15) is 0 Å². The van der Waals surface area contributed by atoms with Gasteiger partial charge in [0.05, 0.1) is 5.92 Å². The van der Waals surface area contributed by atoms with Crippen molar-refractivity contribution in [3.8, 4) is 0 Å². The Morgan fingerprint density at radius 3 is 2.59 bits per heavy atom. The summed E-state index contributed by atoms with van der Waals surface area (Å²) in [6.07, 6.45) is 2.27. The molecule has 1 aromatic carbocycles. The van der Waals surface area contributed by atoms with E-state index >= 15 is 0 Å². The molecule has 2 atom stereocenters. The van der Waals surface area contributed by atoms with Gasteiger partial charge in [0.25, 0.3) is 0 Å². The number of benzene rings is 1. The summed E-state index contributed by atoms with van der Waals surface area (Å²) in [7, 11) is -1.32. The molecular formula is C16H26BNO4. The topological polar surface area (TPSA) is 104 Å². The molecule has 0 spiro atoms. The minimum Gasteiger partial charge on any atom is -0.481 e. The van der Waals surface area contributed by atoms with Gasteiger partial charge in [0.2, 0.25) is 0 Å². The molecule has 0 fully saturated rings.